The first-order valence-corrected chi connectivity index (χ1v) is 10.7. The van der Waals surface area contributed by atoms with Crippen LogP contribution in [0.2, 0.25) is 0 Å². The highest BCUT2D eigenvalue weighted by Gasteiger charge is 2.29. The summed E-state index contributed by atoms with van der Waals surface area (Å²) in [5, 5.41) is 3.09. The summed E-state index contributed by atoms with van der Waals surface area (Å²) in [6.45, 7) is 1.43. The van der Waals surface area contributed by atoms with Crippen molar-refractivity contribution in [1.82, 2.24) is 15.3 Å². The zero-order valence-corrected chi connectivity index (χ0v) is 17.9. The summed E-state index contributed by atoms with van der Waals surface area (Å²) >= 11 is 3.30. The Morgan fingerprint density at radius 2 is 1.77 bits per heavy atom. The molecule has 1 aliphatic rings. The molecule has 1 amide bonds. The van der Waals surface area contributed by atoms with Crippen LogP contribution in [0.25, 0.3) is 0 Å². The number of rotatable bonds is 5. The smallest absolute Gasteiger partial charge is 0.225 e. The van der Waals surface area contributed by atoms with Crippen molar-refractivity contribution in [2.75, 3.05) is 18.0 Å². The molecule has 1 fully saturated rings. The molecule has 1 aliphatic heterocycles. The quantitative estimate of drug-likeness (QED) is 0.598. The summed E-state index contributed by atoms with van der Waals surface area (Å²) in [6.07, 6.45) is 4.85. The van der Waals surface area contributed by atoms with E-state index in [0.717, 1.165) is 5.56 Å². The maximum atomic E-state index is 14.7. The molecular weight excluding hydrogens is 447 g/mol. The van der Waals surface area contributed by atoms with Crippen LogP contribution in [0.1, 0.15) is 30.0 Å². The van der Waals surface area contributed by atoms with Crippen LogP contribution >= 0.6 is 15.9 Å². The third-order valence-electron chi connectivity index (χ3n) is 5.39. The number of carbonyl (C=O) groups excluding carboxylic acids is 1. The van der Waals surface area contributed by atoms with Gasteiger partial charge in [-0.2, -0.15) is 0 Å². The standard InChI is InChI=1S/C23H22BrFN4O/c24-18-7-8-19(20(25)15-18)21(16-5-2-1-3-6-16)28-22(30)17-9-13-29(14-10-17)23-26-11-4-12-27-23/h1-8,11-12,15,17,21H,9-10,13-14H2,(H,28,30). The van der Waals surface area contributed by atoms with Crippen molar-refractivity contribution in [2.24, 2.45) is 5.92 Å². The van der Waals surface area contributed by atoms with Crippen LogP contribution in [-0.4, -0.2) is 29.0 Å². The number of nitrogens with zero attached hydrogens (tertiary/aromatic N) is 3. The number of anilines is 1. The second kappa shape index (κ2) is 9.34. The molecule has 30 heavy (non-hydrogen) atoms. The van der Waals surface area contributed by atoms with Gasteiger partial charge >= 0.3 is 0 Å². The van der Waals surface area contributed by atoms with Crippen molar-refractivity contribution in [3.63, 3.8) is 0 Å². The summed E-state index contributed by atoms with van der Waals surface area (Å²) in [7, 11) is 0. The fourth-order valence-electron chi connectivity index (χ4n) is 3.78. The number of aromatic nitrogens is 2. The second-order valence-corrected chi connectivity index (χ2v) is 8.24. The van der Waals surface area contributed by atoms with Crippen molar-refractivity contribution in [2.45, 2.75) is 18.9 Å². The summed E-state index contributed by atoms with van der Waals surface area (Å²) in [5.41, 5.74) is 1.30. The van der Waals surface area contributed by atoms with Gasteiger partial charge in [0.05, 0.1) is 6.04 Å². The van der Waals surface area contributed by atoms with Gasteiger partial charge in [-0.25, -0.2) is 14.4 Å². The first-order chi connectivity index (χ1) is 14.6. The molecule has 5 nitrogen and oxygen atoms in total. The van der Waals surface area contributed by atoms with Crippen molar-refractivity contribution in [3.05, 3.63) is 88.4 Å². The molecule has 0 radical (unpaired) electrons. The average Bonchev–Trinajstić information content (AvgIpc) is 2.79. The van der Waals surface area contributed by atoms with E-state index in [-0.39, 0.29) is 17.6 Å². The molecule has 4 rings (SSSR count). The van der Waals surface area contributed by atoms with Gasteiger partial charge in [-0.05, 0) is 36.6 Å². The van der Waals surface area contributed by atoms with Crippen LogP contribution in [0.5, 0.6) is 0 Å². The number of benzene rings is 2. The Morgan fingerprint density at radius 3 is 2.43 bits per heavy atom. The third kappa shape index (κ3) is 4.67. The largest absolute Gasteiger partial charge is 0.345 e. The van der Waals surface area contributed by atoms with Crippen molar-refractivity contribution in [3.8, 4) is 0 Å². The monoisotopic (exact) mass is 468 g/mol. The van der Waals surface area contributed by atoms with Gasteiger partial charge in [0, 0.05) is 41.4 Å². The van der Waals surface area contributed by atoms with Gasteiger partial charge < -0.3 is 10.2 Å². The molecule has 1 atom stereocenters. The normalized spacial score (nSPS) is 15.6. The second-order valence-electron chi connectivity index (χ2n) is 7.33. The van der Waals surface area contributed by atoms with Gasteiger partial charge in [0.2, 0.25) is 11.9 Å². The number of carbonyl (C=O) groups is 1. The highest BCUT2D eigenvalue weighted by molar-refractivity contribution is 9.10. The number of hydrogen-bond acceptors (Lipinski definition) is 4. The Hall–Kier alpha value is -2.80. The van der Waals surface area contributed by atoms with E-state index in [4.69, 9.17) is 0 Å². The Bertz CT molecular complexity index is 995. The number of piperidine rings is 1. The fourth-order valence-corrected chi connectivity index (χ4v) is 4.11. The minimum Gasteiger partial charge on any atom is -0.345 e. The van der Waals surface area contributed by atoms with Crippen LogP contribution in [0.3, 0.4) is 0 Å². The molecule has 1 unspecified atom stereocenters. The van der Waals surface area contributed by atoms with E-state index in [0.29, 0.717) is 41.9 Å². The van der Waals surface area contributed by atoms with E-state index in [1.165, 1.54) is 6.07 Å². The van der Waals surface area contributed by atoms with Gasteiger partial charge in [-0.3, -0.25) is 4.79 Å². The number of amides is 1. The number of nitrogens with one attached hydrogen (secondary N) is 1. The molecule has 2 heterocycles. The lowest BCUT2D eigenvalue weighted by Crippen LogP contribution is -2.42. The Morgan fingerprint density at radius 1 is 1.07 bits per heavy atom. The summed E-state index contributed by atoms with van der Waals surface area (Å²) < 4.78 is 15.4. The predicted molar refractivity (Wildman–Crippen MR) is 117 cm³/mol. The Balaban J connectivity index is 1.49. The van der Waals surface area contributed by atoms with Crippen molar-refractivity contribution >= 4 is 27.8 Å². The van der Waals surface area contributed by atoms with Crippen LogP contribution in [-0.2, 0) is 4.79 Å². The van der Waals surface area contributed by atoms with E-state index >= 15 is 0 Å². The Labute approximate surface area is 183 Å². The van der Waals surface area contributed by atoms with Crippen LogP contribution in [0.4, 0.5) is 10.3 Å². The molecule has 3 aromatic rings. The molecule has 154 valence electrons. The van der Waals surface area contributed by atoms with Crippen LogP contribution in [0, 0.1) is 11.7 Å². The van der Waals surface area contributed by atoms with Crippen LogP contribution < -0.4 is 10.2 Å². The minimum atomic E-state index is -0.540. The lowest BCUT2D eigenvalue weighted by Gasteiger charge is -2.32. The number of halogens is 2. The molecule has 1 N–H and O–H groups in total. The predicted octanol–water partition coefficient (Wildman–Crippen LogP) is 4.50. The van der Waals surface area contributed by atoms with Crippen molar-refractivity contribution in [1.29, 1.82) is 0 Å². The van der Waals surface area contributed by atoms with Crippen LogP contribution in [0.15, 0.2) is 71.5 Å². The fraction of sp³-hybridized carbons (Fsp3) is 0.261. The van der Waals surface area contributed by atoms with E-state index in [1.807, 2.05) is 30.3 Å². The molecule has 1 aromatic heterocycles. The summed E-state index contributed by atoms with van der Waals surface area (Å²) in [5.74, 6) is 0.152. The van der Waals surface area contributed by atoms with E-state index in [9.17, 15) is 9.18 Å². The van der Waals surface area contributed by atoms with Crippen molar-refractivity contribution < 1.29 is 9.18 Å². The zero-order valence-electron chi connectivity index (χ0n) is 16.3. The molecular formula is C23H22BrFN4O. The maximum Gasteiger partial charge on any atom is 0.225 e. The van der Waals surface area contributed by atoms with Gasteiger partial charge in [-0.15, -0.1) is 0 Å². The molecule has 1 saturated heterocycles. The zero-order chi connectivity index (χ0) is 20.9. The van der Waals surface area contributed by atoms with E-state index in [1.54, 1.807) is 30.6 Å². The molecule has 7 heteroatoms. The molecule has 0 spiro atoms. The SMILES string of the molecule is O=C(NC(c1ccccc1)c1ccc(Br)cc1F)C1CCN(c2ncccn2)CC1. The molecule has 0 aliphatic carbocycles. The Kier molecular flexibility index (Phi) is 6.38. The molecule has 2 aromatic carbocycles. The highest BCUT2D eigenvalue weighted by Crippen LogP contribution is 2.28. The topological polar surface area (TPSA) is 58.1 Å². The van der Waals surface area contributed by atoms with Gasteiger partial charge in [0.15, 0.2) is 0 Å². The van der Waals surface area contributed by atoms with Gasteiger partial charge in [0.25, 0.3) is 0 Å². The molecule has 0 saturated carbocycles. The first kappa shape index (κ1) is 20.5. The third-order valence-corrected chi connectivity index (χ3v) is 5.89. The minimum absolute atomic E-state index is 0.0557. The lowest BCUT2D eigenvalue weighted by molar-refractivity contribution is -0.126. The van der Waals surface area contributed by atoms with E-state index in [2.05, 4.69) is 36.1 Å². The number of hydrogen-bond donors (Lipinski definition) is 1. The average molecular weight is 469 g/mol. The summed E-state index contributed by atoms with van der Waals surface area (Å²) in [6, 6.07) is 15.7. The maximum absolute atomic E-state index is 14.7. The summed E-state index contributed by atoms with van der Waals surface area (Å²) in [4.78, 5) is 23.7. The highest BCUT2D eigenvalue weighted by atomic mass is 79.9. The van der Waals surface area contributed by atoms with E-state index < -0.39 is 6.04 Å². The first-order valence-electron chi connectivity index (χ1n) is 9.94. The van der Waals surface area contributed by atoms with Gasteiger partial charge in [0.1, 0.15) is 5.82 Å². The van der Waals surface area contributed by atoms with Gasteiger partial charge in [-0.1, -0.05) is 52.3 Å². The lowest BCUT2D eigenvalue weighted by atomic mass is 9.93. The molecule has 0 bridgehead atoms.